The highest BCUT2D eigenvalue weighted by atomic mass is 16.3. The van der Waals surface area contributed by atoms with E-state index in [9.17, 15) is 9.90 Å². The molecule has 0 spiro atoms. The smallest absolute Gasteiger partial charge is 0.159 e. The average molecular weight is 210 g/mol. The van der Waals surface area contributed by atoms with Crippen molar-refractivity contribution in [3.8, 4) is 0 Å². The van der Waals surface area contributed by atoms with Crippen molar-refractivity contribution in [1.29, 1.82) is 0 Å². The van der Waals surface area contributed by atoms with Gasteiger partial charge in [0.15, 0.2) is 5.78 Å². The normalized spacial score (nSPS) is 25.5. The minimum absolute atomic E-state index is 0.159. The molecule has 0 fully saturated rings. The molecule has 0 heterocycles. The van der Waals surface area contributed by atoms with E-state index in [1.54, 1.807) is 0 Å². The summed E-state index contributed by atoms with van der Waals surface area (Å²) in [5.41, 5.74) is 1.89. The molecular formula is C13H22O2. The van der Waals surface area contributed by atoms with Crippen LogP contribution < -0.4 is 0 Å². The molecule has 0 saturated carbocycles. The Morgan fingerprint density at radius 1 is 1.53 bits per heavy atom. The van der Waals surface area contributed by atoms with Crippen molar-refractivity contribution in [2.45, 2.75) is 59.5 Å². The first-order valence-corrected chi connectivity index (χ1v) is 5.80. The summed E-state index contributed by atoms with van der Waals surface area (Å²) in [5, 5.41) is 9.70. The van der Waals surface area contributed by atoms with Crippen molar-refractivity contribution in [3.05, 3.63) is 11.1 Å². The molecule has 0 saturated heterocycles. The van der Waals surface area contributed by atoms with Gasteiger partial charge in [0.1, 0.15) is 0 Å². The SMILES string of the molecule is CCCC(=O)C1=C(C)C[C@H](O)CC1(C)C. The summed E-state index contributed by atoms with van der Waals surface area (Å²) >= 11 is 0. The lowest BCUT2D eigenvalue weighted by Gasteiger charge is -2.36. The molecule has 0 amide bonds. The highest BCUT2D eigenvalue weighted by Gasteiger charge is 2.35. The number of carbonyl (C=O) groups is 1. The molecule has 0 aliphatic heterocycles. The Hall–Kier alpha value is -0.630. The van der Waals surface area contributed by atoms with Gasteiger partial charge in [-0.3, -0.25) is 4.79 Å². The lowest BCUT2D eigenvalue weighted by Crippen LogP contribution is -2.32. The number of carbonyl (C=O) groups excluding carboxylic acids is 1. The number of allylic oxidation sites excluding steroid dienone is 1. The van der Waals surface area contributed by atoms with Crippen LogP contribution in [0, 0.1) is 5.41 Å². The molecule has 0 aromatic carbocycles. The van der Waals surface area contributed by atoms with E-state index in [-0.39, 0.29) is 17.3 Å². The minimum Gasteiger partial charge on any atom is -0.393 e. The molecule has 1 N–H and O–H groups in total. The predicted molar refractivity (Wildman–Crippen MR) is 61.6 cm³/mol. The van der Waals surface area contributed by atoms with Crippen LogP contribution in [-0.2, 0) is 4.79 Å². The van der Waals surface area contributed by atoms with E-state index in [1.165, 1.54) is 0 Å². The first-order valence-electron chi connectivity index (χ1n) is 5.80. The van der Waals surface area contributed by atoms with Crippen molar-refractivity contribution in [2.24, 2.45) is 5.41 Å². The molecule has 86 valence electrons. The predicted octanol–water partition coefficient (Wildman–Crippen LogP) is 2.85. The zero-order chi connectivity index (χ0) is 11.6. The van der Waals surface area contributed by atoms with Crippen molar-refractivity contribution in [2.75, 3.05) is 0 Å². The van der Waals surface area contributed by atoms with Crippen LogP contribution in [0.5, 0.6) is 0 Å². The zero-order valence-electron chi connectivity index (χ0n) is 10.3. The number of aliphatic hydroxyl groups is 1. The van der Waals surface area contributed by atoms with Crippen LogP contribution in [0.1, 0.15) is 53.4 Å². The van der Waals surface area contributed by atoms with Gasteiger partial charge in [-0.25, -0.2) is 0 Å². The lowest BCUT2D eigenvalue weighted by molar-refractivity contribution is -0.117. The third-order valence-electron chi connectivity index (χ3n) is 3.15. The topological polar surface area (TPSA) is 37.3 Å². The molecule has 2 nitrogen and oxygen atoms in total. The Morgan fingerprint density at radius 3 is 2.60 bits per heavy atom. The van der Waals surface area contributed by atoms with Crippen molar-refractivity contribution in [1.82, 2.24) is 0 Å². The number of hydrogen-bond acceptors (Lipinski definition) is 2. The molecule has 1 aliphatic rings. The van der Waals surface area contributed by atoms with Crippen LogP contribution >= 0.6 is 0 Å². The molecule has 1 aliphatic carbocycles. The molecule has 0 bridgehead atoms. The Kier molecular flexibility index (Phi) is 3.72. The Bertz CT molecular complexity index is 287. The molecule has 0 radical (unpaired) electrons. The largest absolute Gasteiger partial charge is 0.393 e. The highest BCUT2D eigenvalue weighted by molar-refractivity contribution is 5.97. The van der Waals surface area contributed by atoms with Crippen LogP contribution in [0.2, 0.25) is 0 Å². The highest BCUT2D eigenvalue weighted by Crippen LogP contribution is 2.41. The second-order valence-electron chi connectivity index (χ2n) is 5.27. The van der Waals surface area contributed by atoms with Crippen molar-refractivity contribution in [3.63, 3.8) is 0 Å². The number of rotatable bonds is 3. The number of aliphatic hydroxyl groups excluding tert-OH is 1. The maximum atomic E-state index is 12.0. The van der Waals surface area contributed by atoms with Gasteiger partial charge in [0.25, 0.3) is 0 Å². The van der Waals surface area contributed by atoms with Gasteiger partial charge in [0.05, 0.1) is 6.10 Å². The third-order valence-corrected chi connectivity index (χ3v) is 3.15. The first-order chi connectivity index (χ1) is 6.88. The second-order valence-corrected chi connectivity index (χ2v) is 5.27. The van der Waals surface area contributed by atoms with Gasteiger partial charge in [-0.2, -0.15) is 0 Å². The monoisotopic (exact) mass is 210 g/mol. The van der Waals surface area contributed by atoms with Gasteiger partial charge in [0, 0.05) is 6.42 Å². The zero-order valence-corrected chi connectivity index (χ0v) is 10.3. The lowest BCUT2D eigenvalue weighted by atomic mass is 9.69. The Balaban J connectivity index is 3.01. The van der Waals surface area contributed by atoms with Crippen molar-refractivity contribution < 1.29 is 9.90 Å². The van der Waals surface area contributed by atoms with E-state index in [0.717, 1.165) is 17.6 Å². The maximum absolute atomic E-state index is 12.0. The summed E-state index contributed by atoms with van der Waals surface area (Å²) in [5.74, 6) is 0.270. The van der Waals surface area contributed by atoms with Crippen LogP contribution in [0.25, 0.3) is 0 Å². The van der Waals surface area contributed by atoms with E-state index in [1.807, 2.05) is 13.8 Å². The molecular weight excluding hydrogens is 188 g/mol. The Morgan fingerprint density at radius 2 is 2.13 bits per heavy atom. The fraction of sp³-hybridized carbons (Fsp3) is 0.769. The fourth-order valence-electron chi connectivity index (χ4n) is 2.76. The van der Waals surface area contributed by atoms with E-state index in [2.05, 4.69) is 13.8 Å². The van der Waals surface area contributed by atoms with Gasteiger partial charge in [-0.05, 0) is 37.2 Å². The first kappa shape index (κ1) is 12.4. The van der Waals surface area contributed by atoms with Gasteiger partial charge < -0.3 is 5.11 Å². The molecule has 1 rings (SSSR count). The van der Waals surface area contributed by atoms with E-state index < -0.39 is 0 Å². The maximum Gasteiger partial charge on any atom is 0.159 e. The number of Topliss-reactive ketones (excluding diaryl/α,β-unsaturated/α-hetero) is 1. The molecule has 2 heteroatoms. The average Bonchev–Trinajstić information content (AvgIpc) is 1.99. The van der Waals surface area contributed by atoms with Crippen LogP contribution in [-0.4, -0.2) is 17.0 Å². The third kappa shape index (κ3) is 2.69. The van der Waals surface area contributed by atoms with Crippen LogP contribution in [0.4, 0.5) is 0 Å². The number of hydrogen-bond donors (Lipinski definition) is 1. The van der Waals surface area contributed by atoms with E-state index in [0.29, 0.717) is 19.3 Å². The number of ketones is 1. The standard InChI is InChI=1S/C13H22O2/c1-5-6-11(15)12-9(2)7-10(14)8-13(12,3)4/h10,14H,5-8H2,1-4H3/t10-/m0/s1. The summed E-state index contributed by atoms with van der Waals surface area (Å²) in [6.07, 6.45) is 2.61. The molecule has 0 aromatic rings. The Labute approximate surface area is 92.4 Å². The van der Waals surface area contributed by atoms with Gasteiger partial charge in [-0.1, -0.05) is 26.3 Å². The molecule has 0 aromatic heterocycles. The van der Waals surface area contributed by atoms with Gasteiger partial charge in [0.2, 0.25) is 0 Å². The second kappa shape index (κ2) is 4.48. The van der Waals surface area contributed by atoms with Gasteiger partial charge >= 0.3 is 0 Å². The summed E-state index contributed by atoms with van der Waals surface area (Å²) < 4.78 is 0. The molecule has 0 unspecified atom stereocenters. The van der Waals surface area contributed by atoms with Crippen LogP contribution in [0.15, 0.2) is 11.1 Å². The van der Waals surface area contributed by atoms with Gasteiger partial charge in [-0.15, -0.1) is 0 Å². The summed E-state index contributed by atoms with van der Waals surface area (Å²) in [4.78, 5) is 12.0. The quantitative estimate of drug-likeness (QED) is 0.777. The molecule has 15 heavy (non-hydrogen) atoms. The van der Waals surface area contributed by atoms with Crippen LogP contribution in [0.3, 0.4) is 0 Å². The summed E-state index contributed by atoms with van der Waals surface area (Å²) in [7, 11) is 0. The van der Waals surface area contributed by atoms with E-state index >= 15 is 0 Å². The summed E-state index contributed by atoms with van der Waals surface area (Å²) in [6, 6.07) is 0. The fourth-order valence-corrected chi connectivity index (χ4v) is 2.76. The molecule has 1 atom stereocenters. The summed E-state index contributed by atoms with van der Waals surface area (Å²) in [6.45, 7) is 8.12. The van der Waals surface area contributed by atoms with Crippen molar-refractivity contribution >= 4 is 5.78 Å². The minimum atomic E-state index is -0.279. The van der Waals surface area contributed by atoms with E-state index in [4.69, 9.17) is 0 Å².